The number of ether oxygens (including phenoxy) is 1. The van der Waals surface area contributed by atoms with Crippen molar-refractivity contribution in [2.24, 2.45) is 23.7 Å². The molecule has 0 N–H and O–H groups in total. The van der Waals surface area contributed by atoms with Crippen LogP contribution in [0.2, 0.25) is 0 Å². The van der Waals surface area contributed by atoms with Gasteiger partial charge in [0.1, 0.15) is 0 Å². The number of hydrogen-bond donors (Lipinski definition) is 0. The van der Waals surface area contributed by atoms with Crippen molar-refractivity contribution in [1.29, 1.82) is 0 Å². The molecule has 3 aliphatic rings. The van der Waals surface area contributed by atoms with Gasteiger partial charge in [-0.1, -0.05) is 29.8 Å². The van der Waals surface area contributed by atoms with Crippen LogP contribution in [0.3, 0.4) is 0 Å². The Morgan fingerprint density at radius 2 is 1.54 bits per heavy atom. The summed E-state index contributed by atoms with van der Waals surface area (Å²) in [6.45, 7) is 1.94. The van der Waals surface area contributed by atoms with E-state index in [0.29, 0.717) is 23.1 Å². The second-order valence-electron chi connectivity index (χ2n) is 8.12. The molecule has 5 rings (SSSR count). The smallest absolute Gasteiger partial charge is 0.343 e. The zero-order chi connectivity index (χ0) is 19.4. The quantitative estimate of drug-likeness (QED) is 0.466. The number of hydrogen-bond acceptors (Lipinski definition) is 4. The van der Waals surface area contributed by atoms with Crippen molar-refractivity contribution in [3.8, 4) is 5.75 Å². The SMILES string of the molecule is Cc1ccc(C(=O)Oc2ccccc2N2C(=O)[C@@H]3[C@H]4CC[C@@H](C4)[C@@H]3C2=O)cc1. The highest BCUT2D eigenvalue weighted by molar-refractivity contribution is 6.23. The van der Waals surface area contributed by atoms with Crippen LogP contribution in [-0.4, -0.2) is 17.8 Å². The van der Waals surface area contributed by atoms with Gasteiger partial charge in [-0.3, -0.25) is 9.59 Å². The number of benzene rings is 2. The molecule has 0 radical (unpaired) electrons. The first-order valence-corrected chi connectivity index (χ1v) is 9.80. The lowest BCUT2D eigenvalue weighted by Crippen LogP contribution is -2.33. The molecule has 5 heteroatoms. The Labute approximate surface area is 163 Å². The van der Waals surface area contributed by atoms with E-state index in [1.54, 1.807) is 36.4 Å². The third kappa shape index (κ3) is 2.49. The number of fused-ring (bicyclic) bond motifs is 5. The summed E-state index contributed by atoms with van der Waals surface area (Å²) >= 11 is 0. The molecule has 3 fully saturated rings. The molecule has 5 nitrogen and oxygen atoms in total. The van der Waals surface area contributed by atoms with Gasteiger partial charge in [-0.25, -0.2) is 9.69 Å². The fourth-order valence-corrected chi connectivity index (χ4v) is 5.22. The lowest BCUT2D eigenvalue weighted by Gasteiger charge is -2.20. The van der Waals surface area contributed by atoms with Crippen molar-refractivity contribution in [2.75, 3.05) is 4.90 Å². The van der Waals surface area contributed by atoms with Crippen LogP contribution in [0, 0.1) is 30.6 Å². The highest BCUT2D eigenvalue weighted by atomic mass is 16.5. The van der Waals surface area contributed by atoms with E-state index in [2.05, 4.69) is 0 Å². The first-order chi connectivity index (χ1) is 13.5. The average molecular weight is 375 g/mol. The van der Waals surface area contributed by atoms with Gasteiger partial charge >= 0.3 is 5.97 Å². The summed E-state index contributed by atoms with van der Waals surface area (Å²) in [5.41, 5.74) is 1.84. The lowest BCUT2D eigenvalue weighted by molar-refractivity contribution is -0.123. The second-order valence-corrected chi connectivity index (χ2v) is 8.12. The highest BCUT2D eigenvalue weighted by Crippen LogP contribution is 2.57. The average Bonchev–Trinajstić information content (AvgIpc) is 3.37. The van der Waals surface area contributed by atoms with Crippen LogP contribution in [0.5, 0.6) is 5.75 Å². The summed E-state index contributed by atoms with van der Waals surface area (Å²) in [6, 6.07) is 13.9. The molecule has 2 bridgehead atoms. The number of aryl methyl sites for hydroxylation is 1. The molecule has 2 saturated carbocycles. The number of carbonyl (C=O) groups excluding carboxylic acids is 3. The molecule has 0 spiro atoms. The van der Waals surface area contributed by atoms with Gasteiger partial charge in [0, 0.05) is 0 Å². The number of anilines is 1. The molecule has 2 aromatic rings. The Morgan fingerprint density at radius 3 is 2.18 bits per heavy atom. The van der Waals surface area contributed by atoms with E-state index >= 15 is 0 Å². The zero-order valence-electron chi connectivity index (χ0n) is 15.6. The van der Waals surface area contributed by atoms with Gasteiger partial charge in [0.25, 0.3) is 0 Å². The van der Waals surface area contributed by atoms with Crippen LogP contribution in [-0.2, 0) is 9.59 Å². The van der Waals surface area contributed by atoms with Gasteiger partial charge in [-0.15, -0.1) is 0 Å². The van der Waals surface area contributed by atoms with E-state index in [4.69, 9.17) is 4.74 Å². The maximum absolute atomic E-state index is 13.1. The monoisotopic (exact) mass is 375 g/mol. The largest absolute Gasteiger partial charge is 0.421 e. The fourth-order valence-electron chi connectivity index (χ4n) is 5.22. The molecule has 1 saturated heterocycles. The number of nitrogens with zero attached hydrogens (tertiary/aromatic N) is 1. The van der Waals surface area contributed by atoms with E-state index in [1.165, 1.54) is 4.90 Å². The first kappa shape index (κ1) is 17.2. The van der Waals surface area contributed by atoms with Gasteiger partial charge < -0.3 is 4.74 Å². The highest BCUT2D eigenvalue weighted by Gasteiger charge is 2.61. The van der Waals surface area contributed by atoms with E-state index in [1.807, 2.05) is 19.1 Å². The summed E-state index contributed by atoms with van der Waals surface area (Å²) in [7, 11) is 0. The topological polar surface area (TPSA) is 63.7 Å². The maximum atomic E-state index is 13.1. The Balaban J connectivity index is 1.46. The van der Waals surface area contributed by atoms with E-state index in [0.717, 1.165) is 24.8 Å². The Morgan fingerprint density at radius 1 is 0.929 bits per heavy atom. The van der Waals surface area contributed by atoms with Gasteiger partial charge in [-0.2, -0.15) is 0 Å². The standard InChI is InChI=1S/C23H21NO4/c1-13-6-8-14(9-7-13)23(27)28-18-5-3-2-4-17(18)24-21(25)19-15-10-11-16(12-15)20(19)22(24)26/h2-9,15-16,19-20H,10-12H2,1H3/t15-,16-,19-,20+/m0/s1. The van der Waals surface area contributed by atoms with Crippen LogP contribution in [0.4, 0.5) is 5.69 Å². The molecule has 142 valence electrons. The summed E-state index contributed by atoms with van der Waals surface area (Å²) in [5, 5.41) is 0. The molecule has 28 heavy (non-hydrogen) atoms. The van der Waals surface area contributed by atoms with Crippen LogP contribution < -0.4 is 9.64 Å². The molecule has 2 aromatic carbocycles. The van der Waals surface area contributed by atoms with Gasteiger partial charge in [0.05, 0.1) is 23.1 Å². The minimum absolute atomic E-state index is 0.138. The number of carbonyl (C=O) groups is 3. The van der Waals surface area contributed by atoms with Gasteiger partial charge in [-0.05, 0) is 62.3 Å². The third-order valence-electron chi connectivity index (χ3n) is 6.52. The summed E-state index contributed by atoms with van der Waals surface area (Å²) in [5.74, 6) is -0.312. The predicted octanol–water partition coefficient (Wildman–Crippen LogP) is 3.75. The van der Waals surface area contributed by atoms with Crippen molar-refractivity contribution < 1.29 is 19.1 Å². The zero-order valence-corrected chi connectivity index (χ0v) is 15.6. The minimum Gasteiger partial charge on any atom is -0.421 e. The number of para-hydroxylation sites is 2. The van der Waals surface area contributed by atoms with Gasteiger partial charge in [0.15, 0.2) is 5.75 Å². The number of rotatable bonds is 3. The Kier molecular flexibility index (Phi) is 3.86. The molecule has 0 unspecified atom stereocenters. The third-order valence-corrected chi connectivity index (χ3v) is 6.52. The molecular formula is C23H21NO4. The minimum atomic E-state index is -0.508. The first-order valence-electron chi connectivity index (χ1n) is 9.80. The molecule has 0 aromatic heterocycles. The van der Waals surface area contributed by atoms with Crippen molar-refractivity contribution in [3.05, 3.63) is 59.7 Å². The maximum Gasteiger partial charge on any atom is 0.343 e. The van der Waals surface area contributed by atoms with Crippen LogP contribution >= 0.6 is 0 Å². The lowest BCUT2D eigenvalue weighted by atomic mass is 9.81. The summed E-state index contributed by atoms with van der Waals surface area (Å²) < 4.78 is 5.59. The van der Waals surface area contributed by atoms with Crippen LogP contribution in [0.15, 0.2) is 48.5 Å². The molecule has 1 aliphatic heterocycles. The van der Waals surface area contributed by atoms with E-state index < -0.39 is 5.97 Å². The van der Waals surface area contributed by atoms with Gasteiger partial charge in [0.2, 0.25) is 11.8 Å². The van der Waals surface area contributed by atoms with Crippen molar-refractivity contribution in [3.63, 3.8) is 0 Å². The van der Waals surface area contributed by atoms with Crippen LogP contribution in [0.1, 0.15) is 35.2 Å². The van der Waals surface area contributed by atoms with E-state index in [9.17, 15) is 14.4 Å². The summed E-state index contributed by atoms with van der Waals surface area (Å²) in [6.07, 6.45) is 3.05. The number of esters is 1. The summed E-state index contributed by atoms with van der Waals surface area (Å²) in [4.78, 5) is 40.0. The van der Waals surface area contributed by atoms with Crippen molar-refractivity contribution in [1.82, 2.24) is 0 Å². The van der Waals surface area contributed by atoms with Crippen molar-refractivity contribution >= 4 is 23.5 Å². The normalized spacial score (nSPS) is 28.0. The number of amides is 2. The Bertz CT molecular complexity index is 952. The van der Waals surface area contributed by atoms with E-state index in [-0.39, 0.29) is 29.4 Å². The van der Waals surface area contributed by atoms with Crippen molar-refractivity contribution in [2.45, 2.75) is 26.2 Å². The molecule has 2 aliphatic carbocycles. The molecule has 1 heterocycles. The molecule has 4 atom stereocenters. The van der Waals surface area contributed by atoms with Crippen LogP contribution in [0.25, 0.3) is 0 Å². The second kappa shape index (κ2) is 6.30. The molecule has 2 amide bonds. The molecular weight excluding hydrogens is 354 g/mol. The number of imide groups is 1. The Hall–Kier alpha value is -2.95. The predicted molar refractivity (Wildman–Crippen MR) is 103 cm³/mol. The fraction of sp³-hybridized carbons (Fsp3) is 0.348.